The third-order valence-corrected chi connectivity index (χ3v) is 6.55. The van der Waals surface area contributed by atoms with Gasteiger partial charge in [0.1, 0.15) is 13.2 Å². The monoisotopic (exact) mass is 482 g/mol. The maximum absolute atomic E-state index is 12.6. The molecular weight excluding hydrogens is 448 g/mol. The molecule has 2 aromatic carbocycles. The number of ether oxygens (including phenoxy) is 4. The molecular formula is C27H34N2O6. The summed E-state index contributed by atoms with van der Waals surface area (Å²) >= 11 is 0. The summed E-state index contributed by atoms with van der Waals surface area (Å²) in [6, 6.07) is 11.1. The fourth-order valence-electron chi connectivity index (χ4n) is 4.78. The van der Waals surface area contributed by atoms with Crippen LogP contribution in [0.5, 0.6) is 23.0 Å². The largest absolute Gasteiger partial charge is 0.490 e. The van der Waals surface area contributed by atoms with E-state index >= 15 is 0 Å². The van der Waals surface area contributed by atoms with Gasteiger partial charge < -0.3 is 29.6 Å². The van der Waals surface area contributed by atoms with E-state index in [1.807, 2.05) is 19.9 Å². The van der Waals surface area contributed by atoms with Gasteiger partial charge in [0.05, 0.1) is 19.8 Å². The number of carbonyl (C=O) groups is 2. The number of benzene rings is 2. The van der Waals surface area contributed by atoms with Crippen LogP contribution in [-0.4, -0.2) is 51.3 Å². The summed E-state index contributed by atoms with van der Waals surface area (Å²) in [6.45, 7) is 6.22. The van der Waals surface area contributed by atoms with Gasteiger partial charge in [0, 0.05) is 17.5 Å². The molecule has 0 saturated heterocycles. The number of hydrogen-bond donors (Lipinski definition) is 2. The normalized spacial score (nSPS) is 15.8. The molecule has 1 fully saturated rings. The van der Waals surface area contributed by atoms with Crippen LogP contribution in [0, 0.1) is 0 Å². The molecule has 1 heterocycles. The Kier molecular flexibility index (Phi) is 8.00. The summed E-state index contributed by atoms with van der Waals surface area (Å²) in [5, 5.41) is 5.74. The molecule has 2 amide bonds. The molecule has 2 aromatic rings. The highest BCUT2D eigenvalue weighted by atomic mass is 16.6. The minimum absolute atomic E-state index is 0.104. The second-order valence-corrected chi connectivity index (χ2v) is 8.83. The topological polar surface area (TPSA) is 95.1 Å². The molecule has 35 heavy (non-hydrogen) atoms. The Labute approximate surface area is 206 Å². The fraction of sp³-hybridized carbons (Fsp3) is 0.481. The van der Waals surface area contributed by atoms with E-state index in [9.17, 15) is 9.59 Å². The number of amides is 2. The zero-order chi connectivity index (χ0) is 24.7. The molecule has 4 rings (SSSR count). The second-order valence-electron chi connectivity index (χ2n) is 8.83. The smallest absolute Gasteiger partial charge is 0.251 e. The Morgan fingerprint density at radius 3 is 2.34 bits per heavy atom. The van der Waals surface area contributed by atoms with Gasteiger partial charge in [-0.1, -0.05) is 18.9 Å². The SMILES string of the molecule is CCOc1ccc(C(=O)NCC(=O)NCC2(c3ccc4c(c3)OCCO4)CCCC2)cc1OCC. The van der Waals surface area contributed by atoms with Crippen molar-refractivity contribution in [1.82, 2.24) is 10.6 Å². The molecule has 8 heteroatoms. The van der Waals surface area contributed by atoms with Gasteiger partial charge in [0.2, 0.25) is 5.91 Å². The van der Waals surface area contributed by atoms with Crippen LogP contribution in [0.3, 0.4) is 0 Å². The van der Waals surface area contributed by atoms with Crippen LogP contribution >= 0.6 is 0 Å². The maximum atomic E-state index is 12.6. The molecule has 1 aliphatic carbocycles. The Morgan fingerprint density at radius 1 is 0.886 bits per heavy atom. The quantitative estimate of drug-likeness (QED) is 0.537. The van der Waals surface area contributed by atoms with Crippen molar-refractivity contribution < 1.29 is 28.5 Å². The molecule has 8 nitrogen and oxygen atoms in total. The number of carbonyl (C=O) groups excluding carboxylic acids is 2. The second kappa shape index (κ2) is 11.3. The number of nitrogens with one attached hydrogen (secondary N) is 2. The molecule has 2 N–H and O–H groups in total. The minimum Gasteiger partial charge on any atom is -0.490 e. The summed E-state index contributed by atoms with van der Waals surface area (Å²) in [7, 11) is 0. The van der Waals surface area contributed by atoms with E-state index in [4.69, 9.17) is 18.9 Å². The maximum Gasteiger partial charge on any atom is 0.251 e. The van der Waals surface area contributed by atoms with Crippen molar-refractivity contribution in [2.75, 3.05) is 39.5 Å². The van der Waals surface area contributed by atoms with Crippen molar-refractivity contribution in [2.45, 2.75) is 44.9 Å². The lowest BCUT2D eigenvalue weighted by atomic mass is 9.78. The van der Waals surface area contributed by atoms with Crippen LogP contribution in [-0.2, 0) is 10.2 Å². The van der Waals surface area contributed by atoms with Crippen LogP contribution in [0.2, 0.25) is 0 Å². The Bertz CT molecular complexity index is 1050. The standard InChI is InChI=1S/C27H34N2O6/c1-3-32-21-9-7-19(15-23(21)33-4-2)26(31)28-17-25(30)29-18-27(11-5-6-12-27)20-8-10-22-24(16-20)35-14-13-34-22/h7-10,15-16H,3-6,11-14,17-18H2,1-2H3,(H,28,31)(H,29,30). The number of hydrogen-bond acceptors (Lipinski definition) is 6. The molecule has 0 radical (unpaired) electrons. The molecule has 0 spiro atoms. The minimum atomic E-state index is -0.341. The van der Waals surface area contributed by atoms with Gasteiger partial charge in [-0.15, -0.1) is 0 Å². The summed E-state index contributed by atoms with van der Waals surface area (Å²) in [5.74, 6) is 2.06. The highest BCUT2D eigenvalue weighted by Crippen LogP contribution is 2.43. The first-order valence-electron chi connectivity index (χ1n) is 12.4. The molecule has 0 aromatic heterocycles. The summed E-state index contributed by atoms with van der Waals surface area (Å²) in [6.07, 6.45) is 4.21. The first-order valence-corrected chi connectivity index (χ1v) is 12.4. The first-order chi connectivity index (χ1) is 17.0. The third kappa shape index (κ3) is 5.81. The molecule has 0 atom stereocenters. The highest BCUT2D eigenvalue weighted by molar-refractivity contribution is 5.97. The van der Waals surface area contributed by atoms with Crippen LogP contribution in [0.15, 0.2) is 36.4 Å². The van der Waals surface area contributed by atoms with Crippen molar-refractivity contribution in [3.05, 3.63) is 47.5 Å². The van der Waals surface area contributed by atoms with Gasteiger partial charge in [-0.2, -0.15) is 0 Å². The van der Waals surface area contributed by atoms with Crippen LogP contribution in [0.25, 0.3) is 0 Å². The fourth-order valence-corrected chi connectivity index (χ4v) is 4.78. The van der Waals surface area contributed by atoms with Gasteiger partial charge in [-0.05, 0) is 62.6 Å². The van der Waals surface area contributed by atoms with Crippen molar-refractivity contribution in [3.63, 3.8) is 0 Å². The van der Waals surface area contributed by atoms with E-state index in [0.29, 0.717) is 50.0 Å². The molecule has 1 saturated carbocycles. The van der Waals surface area contributed by atoms with Crippen molar-refractivity contribution in [3.8, 4) is 23.0 Å². The van der Waals surface area contributed by atoms with Crippen molar-refractivity contribution in [1.29, 1.82) is 0 Å². The van der Waals surface area contributed by atoms with Gasteiger partial charge in [-0.3, -0.25) is 9.59 Å². The lowest BCUT2D eigenvalue weighted by molar-refractivity contribution is -0.120. The van der Waals surface area contributed by atoms with Crippen LogP contribution < -0.4 is 29.6 Å². The zero-order valence-corrected chi connectivity index (χ0v) is 20.5. The van der Waals surface area contributed by atoms with E-state index in [-0.39, 0.29) is 23.8 Å². The summed E-state index contributed by atoms with van der Waals surface area (Å²) in [5.41, 5.74) is 1.42. The number of rotatable bonds is 10. The van der Waals surface area contributed by atoms with Gasteiger partial charge in [0.15, 0.2) is 23.0 Å². The molecule has 2 aliphatic rings. The Balaban J connectivity index is 1.35. The van der Waals surface area contributed by atoms with Crippen LogP contribution in [0.1, 0.15) is 55.5 Å². The predicted molar refractivity (Wildman–Crippen MR) is 132 cm³/mol. The number of fused-ring (bicyclic) bond motifs is 1. The summed E-state index contributed by atoms with van der Waals surface area (Å²) in [4.78, 5) is 25.3. The van der Waals surface area contributed by atoms with E-state index in [2.05, 4.69) is 22.8 Å². The average Bonchev–Trinajstić information content (AvgIpc) is 3.37. The van der Waals surface area contributed by atoms with Crippen molar-refractivity contribution >= 4 is 11.8 Å². The van der Waals surface area contributed by atoms with Crippen LogP contribution in [0.4, 0.5) is 0 Å². The van der Waals surface area contributed by atoms with E-state index in [1.54, 1.807) is 18.2 Å². The van der Waals surface area contributed by atoms with Gasteiger partial charge in [-0.25, -0.2) is 0 Å². The average molecular weight is 483 g/mol. The zero-order valence-electron chi connectivity index (χ0n) is 20.5. The molecule has 0 unspecified atom stereocenters. The highest BCUT2D eigenvalue weighted by Gasteiger charge is 2.36. The molecule has 0 bridgehead atoms. The third-order valence-electron chi connectivity index (χ3n) is 6.55. The van der Waals surface area contributed by atoms with E-state index in [0.717, 1.165) is 42.7 Å². The van der Waals surface area contributed by atoms with Gasteiger partial charge in [0.25, 0.3) is 5.91 Å². The Morgan fingerprint density at radius 2 is 1.60 bits per heavy atom. The molecule has 1 aliphatic heterocycles. The Hall–Kier alpha value is -3.42. The lowest BCUT2D eigenvalue weighted by Crippen LogP contribution is -2.43. The van der Waals surface area contributed by atoms with E-state index in [1.165, 1.54) is 0 Å². The van der Waals surface area contributed by atoms with Crippen molar-refractivity contribution in [2.24, 2.45) is 0 Å². The lowest BCUT2D eigenvalue weighted by Gasteiger charge is -2.31. The predicted octanol–water partition coefficient (Wildman–Crippen LogP) is 3.61. The first kappa shape index (κ1) is 24.7. The van der Waals surface area contributed by atoms with Gasteiger partial charge >= 0.3 is 0 Å². The summed E-state index contributed by atoms with van der Waals surface area (Å²) < 4.78 is 22.6. The van der Waals surface area contributed by atoms with E-state index < -0.39 is 0 Å². The molecule has 188 valence electrons.